The Morgan fingerprint density at radius 1 is 0.322 bits per heavy atom. The predicted octanol–water partition coefficient (Wildman–Crippen LogP) is 10.1. The molecule has 23 heteroatoms. The second-order valence-electron chi connectivity index (χ2n) is 18.4. The lowest BCUT2D eigenvalue weighted by atomic mass is 10.9. The van der Waals surface area contributed by atoms with Crippen LogP contribution in [0.25, 0.3) is 0 Å². The maximum atomic E-state index is 6.20. The van der Waals surface area contributed by atoms with Gasteiger partial charge in [0.05, 0.1) is 0 Å². The van der Waals surface area contributed by atoms with Crippen LogP contribution in [0.3, 0.4) is 0 Å². The molecule has 0 heterocycles. The van der Waals surface area contributed by atoms with Crippen LogP contribution in [-0.4, -0.2) is 151 Å². The van der Waals surface area contributed by atoms with Crippen LogP contribution in [0, 0.1) is 0 Å². The van der Waals surface area contributed by atoms with Gasteiger partial charge in [0, 0.05) is 67.5 Å². The first-order chi connectivity index (χ1) is 26.8. The summed E-state index contributed by atoms with van der Waals surface area (Å²) in [5.74, 6) is 0. The third kappa shape index (κ3) is 37.8. The highest BCUT2D eigenvalue weighted by molar-refractivity contribution is 6.81. The zero-order valence-corrected chi connectivity index (χ0v) is 55.4. The van der Waals surface area contributed by atoms with Gasteiger partial charge in [-0.2, -0.15) is 0 Å². The fourth-order valence-electron chi connectivity index (χ4n) is 6.09. The van der Waals surface area contributed by atoms with Gasteiger partial charge in [0.25, 0.3) is 0 Å². The van der Waals surface area contributed by atoms with Crippen molar-refractivity contribution < 1.29 is 51.9 Å². The summed E-state index contributed by atoms with van der Waals surface area (Å²) in [4.78, 5) is 0. The Bertz CT molecular complexity index is 966. The van der Waals surface area contributed by atoms with E-state index in [-0.39, 0.29) is 0 Å². The molecule has 0 aromatic rings. The van der Waals surface area contributed by atoms with Gasteiger partial charge >= 0.3 is 26.2 Å². The molecule has 0 rings (SSSR count). The summed E-state index contributed by atoms with van der Waals surface area (Å²) in [6.07, 6.45) is 0. The number of hydrogen-bond donors (Lipinski definition) is 0. The Balaban J connectivity index is -0.000000351. The van der Waals surface area contributed by atoms with Crippen molar-refractivity contribution in [3.63, 3.8) is 0 Å². The van der Waals surface area contributed by atoms with Gasteiger partial charge < -0.3 is 51.9 Å². The first-order valence-corrected chi connectivity index (χ1v) is 52.2. The lowest BCUT2D eigenvalue weighted by Crippen LogP contribution is -2.48. The van der Waals surface area contributed by atoms with Crippen molar-refractivity contribution in [2.45, 2.75) is 181 Å². The average Bonchev–Trinajstić information content (AvgIpc) is 3.10. The van der Waals surface area contributed by atoms with Gasteiger partial charge in [0.15, 0.2) is 69.4 Å². The monoisotopic (exact) mass is 1030 g/mol. The molecule has 0 unspecified atom stereocenters. The maximum Gasteiger partial charge on any atom is 0.500 e. The predicted molar refractivity (Wildman–Crippen MR) is 282 cm³/mol. The molecule has 0 aromatic carbocycles. The second-order valence-corrected chi connectivity index (χ2v) is 56.2. The van der Waals surface area contributed by atoms with Gasteiger partial charge in [0.1, 0.15) is 0 Å². The molecule has 0 N–H and O–H groups in total. The summed E-state index contributed by atoms with van der Waals surface area (Å²) in [5.41, 5.74) is 0. The topological polar surface area (TPSA) is 111 Å². The molecule has 0 aromatic heterocycles. The summed E-state index contributed by atoms with van der Waals surface area (Å²) in [6, 6.07) is 7.23. The normalized spacial score (nSPS) is 13.3. The van der Waals surface area contributed by atoms with Crippen LogP contribution in [-0.2, 0) is 51.9 Å². The second kappa shape index (κ2) is 34.2. The highest BCUT2D eigenvalue weighted by atomic mass is 28.4. The molecular formula is C36H102O12Si11. The molecule has 0 spiro atoms. The largest absolute Gasteiger partial charge is 0.500 e. The Morgan fingerprint density at radius 3 is 0.780 bits per heavy atom. The summed E-state index contributed by atoms with van der Waals surface area (Å²) in [7, 11) is -7.71. The minimum atomic E-state index is -2.49. The zero-order chi connectivity index (χ0) is 47.4. The van der Waals surface area contributed by atoms with Gasteiger partial charge in [-0.05, 0) is 162 Å². The average molecular weight is 1040 g/mol. The summed E-state index contributed by atoms with van der Waals surface area (Å²) in [6.45, 7) is 48.3. The zero-order valence-electron chi connectivity index (χ0n) is 43.8. The molecule has 0 fully saturated rings. The third-order valence-corrected chi connectivity index (χ3v) is 43.2. The molecule has 0 saturated carbocycles. The van der Waals surface area contributed by atoms with Crippen LogP contribution in [0.1, 0.15) is 27.7 Å². The van der Waals surface area contributed by atoms with E-state index in [1.807, 2.05) is 20.8 Å². The van der Waals surface area contributed by atoms with Gasteiger partial charge in [-0.25, -0.2) is 0 Å². The fourth-order valence-corrected chi connectivity index (χ4v) is 43.8. The Hall–Kier alpha value is 1.91. The molecule has 0 bridgehead atoms. The molecule has 0 atom stereocenters. The molecule has 59 heavy (non-hydrogen) atoms. The van der Waals surface area contributed by atoms with E-state index >= 15 is 0 Å². The molecule has 12 nitrogen and oxygen atoms in total. The number of rotatable bonds is 29. The standard InChI is InChI=1S/C12H32O4Si3.C9H26O4Si3.C9H26O3Si3.C6H18OSi2/c1-8-13-19(14-9-2,15-10-3)12-11-18(6,7)16-17(4)5;1-10-16(11-2,12-3)9-8-15(6,7)13-14(4)5;1-10-15(7,11-2)9-8-14(5,6)12-13(3)4;1-6-9(4,5)7-8(2)3/h17H,8-12H2,1-7H3;14H,8-9H2,1-7H3;13H,8-9H2,1-7H3;8H,6H2,1-5H3. The molecule has 0 aliphatic carbocycles. The van der Waals surface area contributed by atoms with E-state index < -0.39 is 95.6 Å². The van der Waals surface area contributed by atoms with Crippen molar-refractivity contribution in [3.8, 4) is 0 Å². The third-order valence-electron chi connectivity index (χ3n) is 9.21. The van der Waals surface area contributed by atoms with Crippen molar-refractivity contribution in [3.05, 3.63) is 0 Å². The van der Waals surface area contributed by atoms with E-state index in [0.29, 0.717) is 19.8 Å². The highest BCUT2D eigenvalue weighted by Crippen LogP contribution is 2.26. The molecule has 0 saturated heterocycles. The van der Waals surface area contributed by atoms with E-state index in [2.05, 4.69) is 118 Å². The lowest BCUT2D eigenvalue weighted by molar-refractivity contribution is 0.0723. The Kier molecular flexibility index (Phi) is 39.2. The molecule has 0 radical (unpaired) electrons. The summed E-state index contributed by atoms with van der Waals surface area (Å²) < 4.78 is 69.1. The Labute approximate surface area is 381 Å². The maximum absolute atomic E-state index is 6.20. The van der Waals surface area contributed by atoms with E-state index in [1.165, 1.54) is 6.04 Å². The van der Waals surface area contributed by atoms with Crippen molar-refractivity contribution in [2.24, 2.45) is 0 Å². The smallest absolute Gasteiger partial charge is 0.458 e. The molecule has 362 valence electrons. The first-order valence-electron chi connectivity index (χ1n) is 22.2. The number of hydrogen-bond acceptors (Lipinski definition) is 12. The van der Waals surface area contributed by atoms with Gasteiger partial charge in [0.2, 0.25) is 0 Å². The van der Waals surface area contributed by atoms with Gasteiger partial charge in [-0.3, -0.25) is 0 Å². The summed E-state index contributed by atoms with van der Waals surface area (Å²) in [5, 5.41) is 0. The van der Waals surface area contributed by atoms with Crippen molar-refractivity contribution in [2.75, 3.05) is 55.4 Å². The van der Waals surface area contributed by atoms with Crippen molar-refractivity contribution in [1.82, 2.24) is 0 Å². The fraction of sp³-hybridized carbons (Fsp3) is 1.00. The molecule has 0 aliphatic heterocycles. The minimum absolute atomic E-state index is 0.647. The first kappa shape index (κ1) is 67.5. The van der Waals surface area contributed by atoms with E-state index in [9.17, 15) is 0 Å². The van der Waals surface area contributed by atoms with E-state index in [1.54, 1.807) is 35.5 Å². The van der Waals surface area contributed by atoms with Crippen molar-refractivity contribution in [1.29, 1.82) is 0 Å². The quantitative estimate of drug-likeness (QED) is 0.0666. The van der Waals surface area contributed by atoms with Crippen LogP contribution in [0.2, 0.25) is 154 Å². The highest BCUT2D eigenvalue weighted by Gasteiger charge is 2.43. The Morgan fingerprint density at radius 2 is 0.576 bits per heavy atom. The molecule has 0 aliphatic rings. The van der Waals surface area contributed by atoms with E-state index in [4.69, 9.17) is 51.9 Å². The van der Waals surface area contributed by atoms with Gasteiger partial charge in [-0.1, -0.05) is 6.92 Å². The van der Waals surface area contributed by atoms with Crippen LogP contribution in [0.5, 0.6) is 0 Å². The van der Waals surface area contributed by atoms with Gasteiger partial charge in [-0.15, -0.1) is 0 Å². The van der Waals surface area contributed by atoms with E-state index in [0.717, 1.165) is 36.3 Å². The molecular weight excluding hydrogens is 933 g/mol. The molecule has 0 amide bonds. The van der Waals surface area contributed by atoms with Crippen molar-refractivity contribution >= 4 is 95.6 Å². The SMILES string of the molecule is CCO[Si](CC[Si](C)(C)O[SiH](C)C)(OCC)OCC.CC[Si](C)(C)O[SiH](C)C.CO[Si](C)(CC[Si](C)(C)O[SiH](C)C)OC.CO[Si](CC[Si](C)(C)O[SiH](C)C)(OC)OC. The van der Waals surface area contributed by atoms with Crippen LogP contribution >= 0.6 is 0 Å². The lowest BCUT2D eigenvalue weighted by Gasteiger charge is -2.32. The minimum Gasteiger partial charge on any atom is -0.458 e. The van der Waals surface area contributed by atoms with Crippen LogP contribution < -0.4 is 0 Å². The van der Waals surface area contributed by atoms with Crippen LogP contribution in [0.15, 0.2) is 0 Å². The van der Waals surface area contributed by atoms with Crippen LogP contribution in [0.4, 0.5) is 0 Å². The summed E-state index contributed by atoms with van der Waals surface area (Å²) >= 11 is 0.